The van der Waals surface area contributed by atoms with Crippen LogP contribution in [0.4, 0.5) is 13.2 Å². The topological polar surface area (TPSA) is 74.2 Å². The second-order valence-electron chi connectivity index (χ2n) is 9.14. The highest BCUT2D eigenvalue weighted by Crippen LogP contribution is 2.34. The van der Waals surface area contributed by atoms with Gasteiger partial charge in [-0.2, -0.15) is 18.3 Å². The summed E-state index contributed by atoms with van der Waals surface area (Å²) >= 11 is 0. The third-order valence-electron chi connectivity index (χ3n) is 6.87. The Morgan fingerprint density at radius 3 is 2.48 bits per heavy atom. The van der Waals surface area contributed by atoms with Gasteiger partial charge in [-0.15, -0.1) is 0 Å². The molecule has 2 aliphatic rings. The molecule has 7 nitrogen and oxygen atoms in total. The highest BCUT2D eigenvalue weighted by atomic mass is 19.4. The van der Waals surface area contributed by atoms with Crippen molar-refractivity contribution in [2.24, 2.45) is 0 Å². The summed E-state index contributed by atoms with van der Waals surface area (Å²) in [7, 11) is 0. The molecule has 1 amide bonds. The first kappa shape index (κ1) is 21.9. The lowest BCUT2D eigenvalue weighted by molar-refractivity contribution is -0.148. The van der Waals surface area contributed by atoms with Gasteiger partial charge in [-0.3, -0.25) is 19.2 Å². The predicted molar refractivity (Wildman–Crippen MR) is 119 cm³/mol. The minimum Gasteiger partial charge on any atom is -0.336 e. The van der Waals surface area contributed by atoms with Crippen molar-refractivity contribution in [3.8, 4) is 0 Å². The molecule has 10 heteroatoms. The number of amides is 1. The Hall–Kier alpha value is -2.88. The van der Waals surface area contributed by atoms with Gasteiger partial charge in [0.1, 0.15) is 0 Å². The number of hydrogen-bond acceptors (Lipinski definition) is 4. The second-order valence-corrected chi connectivity index (χ2v) is 9.14. The fraction of sp³-hybridized carbons (Fsp3) is 0.522. The molecule has 176 valence electrons. The van der Waals surface area contributed by atoms with E-state index in [1.165, 1.54) is 4.90 Å². The summed E-state index contributed by atoms with van der Waals surface area (Å²) in [6.45, 7) is 1.71. The normalized spacial score (nSPS) is 18.6. The summed E-state index contributed by atoms with van der Waals surface area (Å²) in [4.78, 5) is 31.8. The summed E-state index contributed by atoms with van der Waals surface area (Å²) in [5.74, 6) is -0.202. The van der Waals surface area contributed by atoms with Crippen molar-refractivity contribution in [3.63, 3.8) is 0 Å². The molecule has 33 heavy (non-hydrogen) atoms. The molecule has 1 N–H and O–H groups in total. The zero-order valence-corrected chi connectivity index (χ0v) is 18.4. The molecular formula is C23H26F3N5O2. The van der Waals surface area contributed by atoms with Gasteiger partial charge in [0.25, 0.3) is 11.5 Å². The van der Waals surface area contributed by atoms with Crippen molar-refractivity contribution in [2.75, 3.05) is 32.7 Å². The van der Waals surface area contributed by atoms with Crippen molar-refractivity contribution < 1.29 is 18.0 Å². The van der Waals surface area contributed by atoms with Gasteiger partial charge in [0.15, 0.2) is 0 Å². The monoisotopic (exact) mass is 461 g/mol. The highest BCUT2D eigenvalue weighted by Gasteiger charge is 2.33. The van der Waals surface area contributed by atoms with Crippen LogP contribution in [0.3, 0.4) is 0 Å². The fourth-order valence-corrected chi connectivity index (χ4v) is 5.18. The maximum Gasteiger partial charge on any atom is 0.401 e. The maximum atomic E-state index is 13.3. The largest absolute Gasteiger partial charge is 0.401 e. The Bertz CT molecular complexity index is 1270. The number of piperazine rings is 1. The van der Waals surface area contributed by atoms with Crippen LogP contribution in [0.5, 0.6) is 0 Å². The van der Waals surface area contributed by atoms with E-state index in [2.05, 4.69) is 10.1 Å². The number of benzene rings is 1. The first-order chi connectivity index (χ1) is 15.7. The fourth-order valence-electron chi connectivity index (χ4n) is 5.18. The van der Waals surface area contributed by atoms with Gasteiger partial charge in [-0.05, 0) is 37.5 Å². The third-order valence-corrected chi connectivity index (χ3v) is 6.87. The van der Waals surface area contributed by atoms with Crippen LogP contribution in [-0.2, 0) is 0 Å². The van der Waals surface area contributed by atoms with E-state index in [9.17, 15) is 22.8 Å². The first-order valence-electron chi connectivity index (χ1n) is 11.3. The molecule has 2 fully saturated rings. The molecule has 1 aromatic carbocycles. The smallest absolute Gasteiger partial charge is 0.336 e. The number of carbonyl (C=O) groups excluding carboxylic acids is 1. The number of aromatic nitrogens is 3. The SMILES string of the molecule is Cc1cc2[nH]c(=O)c3cnn(C4CCCC4)c3c2cc1C(=O)N1CCN(CC(F)(F)F)CC1. The molecule has 3 aromatic rings. The average Bonchev–Trinajstić information content (AvgIpc) is 3.42. The van der Waals surface area contributed by atoms with Crippen LogP contribution in [0, 0.1) is 6.92 Å². The minimum atomic E-state index is -4.24. The summed E-state index contributed by atoms with van der Waals surface area (Å²) in [6.07, 6.45) is 1.60. The minimum absolute atomic E-state index is 0.184. The van der Waals surface area contributed by atoms with E-state index in [1.807, 2.05) is 11.6 Å². The van der Waals surface area contributed by atoms with E-state index in [0.29, 0.717) is 22.0 Å². The molecular weight excluding hydrogens is 435 g/mol. The molecule has 0 radical (unpaired) electrons. The molecule has 1 saturated heterocycles. The van der Waals surface area contributed by atoms with Crippen LogP contribution in [0.2, 0.25) is 0 Å². The van der Waals surface area contributed by atoms with Crippen LogP contribution >= 0.6 is 0 Å². The Labute approximate surface area is 188 Å². The summed E-state index contributed by atoms with van der Waals surface area (Å²) < 4.78 is 40.0. The zero-order chi connectivity index (χ0) is 23.3. The van der Waals surface area contributed by atoms with Gasteiger partial charge < -0.3 is 9.88 Å². The first-order valence-corrected chi connectivity index (χ1v) is 11.3. The van der Waals surface area contributed by atoms with Crippen molar-refractivity contribution in [1.29, 1.82) is 0 Å². The number of aromatic amines is 1. The lowest BCUT2D eigenvalue weighted by Crippen LogP contribution is -2.51. The van der Waals surface area contributed by atoms with E-state index in [1.54, 1.807) is 23.2 Å². The molecule has 3 heterocycles. The van der Waals surface area contributed by atoms with Crippen LogP contribution < -0.4 is 5.56 Å². The molecule has 1 saturated carbocycles. The molecule has 1 aliphatic heterocycles. The number of halogens is 3. The van der Waals surface area contributed by atoms with E-state index in [4.69, 9.17) is 0 Å². The van der Waals surface area contributed by atoms with Gasteiger partial charge in [-0.1, -0.05) is 12.8 Å². The number of hydrogen-bond donors (Lipinski definition) is 1. The van der Waals surface area contributed by atoms with Crippen LogP contribution in [0.15, 0.2) is 23.1 Å². The van der Waals surface area contributed by atoms with Gasteiger partial charge in [0, 0.05) is 37.1 Å². The van der Waals surface area contributed by atoms with Crippen molar-refractivity contribution in [2.45, 2.75) is 44.8 Å². The van der Waals surface area contributed by atoms with E-state index < -0.39 is 12.7 Å². The van der Waals surface area contributed by atoms with Crippen molar-refractivity contribution in [3.05, 3.63) is 39.8 Å². The van der Waals surface area contributed by atoms with Crippen LogP contribution in [0.1, 0.15) is 47.6 Å². The highest BCUT2D eigenvalue weighted by molar-refractivity contribution is 6.07. The van der Waals surface area contributed by atoms with Crippen molar-refractivity contribution in [1.82, 2.24) is 24.6 Å². The molecule has 0 spiro atoms. The average molecular weight is 461 g/mol. The Morgan fingerprint density at radius 2 is 1.82 bits per heavy atom. The summed E-state index contributed by atoms with van der Waals surface area (Å²) in [6, 6.07) is 3.84. The molecule has 1 aliphatic carbocycles. The van der Waals surface area contributed by atoms with Gasteiger partial charge in [-0.25, -0.2) is 0 Å². The number of H-pyrrole nitrogens is 1. The van der Waals surface area contributed by atoms with E-state index in [-0.39, 0.29) is 43.7 Å². The Morgan fingerprint density at radius 1 is 1.12 bits per heavy atom. The van der Waals surface area contributed by atoms with Gasteiger partial charge in [0.05, 0.1) is 35.2 Å². The number of rotatable bonds is 3. The molecule has 0 bridgehead atoms. The molecule has 0 atom stereocenters. The quantitative estimate of drug-likeness (QED) is 0.647. The lowest BCUT2D eigenvalue weighted by Gasteiger charge is -2.35. The number of aryl methyl sites for hydroxylation is 1. The number of pyridine rings is 1. The Balaban J connectivity index is 1.50. The second kappa shape index (κ2) is 8.16. The van der Waals surface area contributed by atoms with E-state index >= 15 is 0 Å². The predicted octanol–water partition coefficient (Wildman–Crippen LogP) is 3.62. The van der Waals surface area contributed by atoms with E-state index in [0.717, 1.165) is 36.6 Å². The maximum absolute atomic E-state index is 13.3. The zero-order valence-electron chi connectivity index (χ0n) is 18.4. The number of nitrogens with zero attached hydrogens (tertiary/aromatic N) is 4. The third kappa shape index (κ3) is 4.12. The number of alkyl halides is 3. The van der Waals surface area contributed by atoms with Crippen LogP contribution in [-0.4, -0.2) is 69.4 Å². The lowest BCUT2D eigenvalue weighted by atomic mass is 10.0. The standard InChI is InChI=1S/C23H26F3N5O2/c1-14-10-19-17(20-18(21(32)28-19)12-27-31(20)15-4-2-3-5-15)11-16(14)22(33)30-8-6-29(7-9-30)13-23(24,25)26/h10-12,15H,2-9,13H2,1H3,(H,28,32). The Kier molecular flexibility index (Phi) is 5.43. The van der Waals surface area contributed by atoms with Crippen LogP contribution in [0.25, 0.3) is 21.8 Å². The summed E-state index contributed by atoms with van der Waals surface area (Å²) in [5, 5.41) is 5.78. The molecule has 0 unspecified atom stereocenters. The van der Waals surface area contributed by atoms with Gasteiger partial charge in [0.2, 0.25) is 0 Å². The van der Waals surface area contributed by atoms with Crippen molar-refractivity contribution >= 4 is 27.7 Å². The number of nitrogens with one attached hydrogen (secondary N) is 1. The molecule has 2 aromatic heterocycles. The number of fused-ring (bicyclic) bond motifs is 3. The summed E-state index contributed by atoms with van der Waals surface area (Å²) in [5.41, 5.74) is 2.40. The molecule has 5 rings (SSSR count). The number of carbonyl (C=O) groups is 1. The van der Waals surface area contributed by atoms with Gasteiger partial charge >= 0.3 is 6.18 Å².